The van der Waals surface area contributed by atoms with Crippen molar-refractivity contribution in [3.05, 3.63) is 52.9 Å². The molecular formula is C23H21N3O3S. The van der Waals surface area contributed by atoms with Crippen LogP contribution in [0.4, 0.5) is 11.4 Å². The number of pyridine rings is 1. The summed E-state index contributed by atoms with van der Waals surface area (Å²) in [5.41, 5.74) is 9.83. The van der Waals surface area contributed by atoms with Crippen molar-refractivity contribution < 1.29 is 14.3 Å². The maximum absolute atomic E-state index is 13.5. The summed E-state index contributed by atoms with van der Waals surface area (Å²) in [4.78, 5) is 21.3. The third-order valence-electron chi connectivity index (χ3n) is 5.64. The highest BCUT2D eigenvalue weighted by atomic mass is 32.1. The summed E-state index contributed by atoms with van der Waals surface area (Å²) in [5.74, 6) is 1.16. The predicted octanol–water partition coefficient (Wildman–Crippen LogP) is 4.64. The fraction of sp³-hybridized carbons (Fsp3) is 0.217. The lowest BCUT2D eigenvalue weighted by Crippen LogP contribution is -2.35. The molecule has 0 fully saturated rings. The lowest BCUT2D eigenvalue weighted by Gasteiger charge is -2.22. The zero-order valence-electron chi connectivity index (χ0n) is 16.9. The average molecular weight is 420 g/mol. The van der Waals surface area contributed by atoms with E-state index in [2.05, 4.69) is 13.0 Å². The van der Waals surface area contributed by atoms with Crippen LogP contribution in [-0.2, 0) is 6.42 Å². The van der Waals surface area contributed by atoms with Gasteiger partial charge in [-0.25, -0.2) is 4.98 Å². The predicted molar refractivity (Wildman–Crippen MR) is 121 cm³/mol. The van der Waals surface area contributed by atoms with Crippen LogP contribution in [0.2, 0.25) is 0 Å². The van der Waals surface area contributed by atoms with Crippen LogP contribution in [0.3, 0.4) is 0 Å². The largest absolute Gasteiger partial charge is 0.493 e. The average Bonchev–Trinajstić information content (AvgIpc) is 3.26. The van der Waals surface area contributed by atoms with Crippen molar-refractivity contribution in [1.82, 2.24) is 4.98 Å². The van der Waals surface area contributed by atoms with Crippen LogP contribution in [0.5, 0.6) is 11.5 Å². The molecule has 7 heteroatoms. The van der Waals surface area contributed by atoms with E-state index >= 15 is 0 Å². The van der Waals surface area contributed by atoms with Gasteiger partial charge >= 0.3 is 0 Å². The van der Waals surface area contributed by atoms with Crippen LogP contribution in [0.1, 0.15) is 22.2 Å². The minimum atomic E-state index is -0.0767. The second-order valence-electron chi connectivity index (χ2n) is 7.44. The Morgan fingerprint density at radius 1 is 1.17 bits per heavy atom. The number of anilines is 2. The molecule has 1 aliphatic heterocycles. The number of carbonyl (C=O) groups is 1. The van der Waals surface area contributed by atoms with E-state index in [1.165, 1.54) is 16.9 Å². The number of amides is 1. The molecule has 4 aromatic rings. The van der Waals surface area contributed by atoms with E-state index in [0.29, 0.717) is 22.1 Å². The first-order valence-corrected chi connectivity index (χ1v) is 10.5. The van der Waals surface area contributed by atoms with Gasteiger partial charge in [0.1, 0.15) is 9.71 Å². The van der Waals surface area contributed by atoms with Gasteiger partial charge < -0.3 is 20.1 Å². The highest BCUT2D eigenvalue weighted by Gasteiger charge is 2.33. The Morgan fingerprint density at radius 3 is 2.67 bits per heavy atom. The van der Waals surface area contributed by atoms with E-state index < -0.39 is 0 Å². The number of methoxy groups -OCH3 is 2. The van der Waals surface area contributed by atoms with Crippen LogP contribution in [0, 0.1) is 0 Å². The number of nitrogens with zero attached hydrogens (tertiary/aromatic N) is 2. The molecule has 0 unspecified atom stereocenters. The SMILES string of the molecule is COc1cc2cc3c(N)c(C(=O)N4c5ccccc5C[C@@H]4C)sc3nc2cc1OC. The smallest absolute Gasteiger partial charge is 0.270 e. The number of nitrogen functional groups attached to an aromatic ring is 1. The van der Waals surface area contributed by atoms with E-state index in [1.807, 2.05) is 41.3 Å². The summed E-state index contributed by atoms with van der Waals surface area (Å²) in [5, 5.41) is 1.66. The van der Waals surface area contributed by atoms with E-state index in [9.17, 15) is 4.79 Å². The molecule has 1 amide bonds. The first-order chi connectivity index (χ1) is 14.5. The van der Waals surface area contributed by atoms with Gasteiger partial charge in [0.2, 0.25) is 0 Å². The minimum Gasteiger partial charge on any atom is -0.493 e. The van der Waals surface area contributed by atoms with Crippen molar-refractivity contribution in [3.63, 3.8) is 0 Å². The Bertz CT molecular complexity index is 1310. The lowest BCUT2D eigenvalue weighted by molar-refractivity contribution is 0.0986. The number of hydrogen-bond acceptors (Lipinski definition) is 6. The van der Waals surface area contributed by atoms with Gasteiger partial charge in [-0.1, -0.05) is 18.2 Å². The molecule has 0 spiro atoms. The number of carbonyl (C=O) groups excluding carboxylic acids is 1. The molecule has 30 heavy (non-hydrogen) atoms. The molecule has 0 aliphatic carbocycles. The molecule has 0 saturated heterocycles. The van der Waals surface area contributed by atoms with E-state index in [0.717, 1.165) is 33.2 Å². The second-order valence-corrected chi connectivity index (χ2v) is 8.44. The maximum atomic E-state index is 13.5. The van der Waals surface area contributed by atoms with Crippen LogP contribution in [0.15, 0.2) is 42.5 Å². The van der Waals surface area contributed by atoms with Gasteiger partial charge in [0.05, 0.1) is 25.4 Å². The molecule has 2 aromatic heterocycles. The summed E-state index contributed by atoms with van der Waals surface area (Å²) < 4.78 is 10.8. The van der Waals surface area contributed by atoms with Crippen molar-refractivity contribution in [3.8, 4) is 11.5 Å². The van der Waals surface area contributed by atoms with Crippen LogP contribution in [0.25, 0.3) is 21.1 Å². The normalized spacial score (nSPS) is 15.6. The Morgan fingerprint density at radius 2 is 1.90 bits per heavy atom. The molecular weight excluding hydrogens is 398 g/mol. The number of hydrogen-bond donors (Lipinski definition) is 1. The minimum absolute atomic E-state index is 0.0767. The Hall–Kier alpha value is -3.32. The van der Waals surface area contributed by atoms with Crippen molar-refractivity contribution in [1.29, 1.82) is 0 Å². The zero-order valence-corrected chi connectivity index (χ0v) is 17.7. The van der Waals surface area contributed by atoms with E-state index in [-0.39, 0.29) is 11.9 Å². The molecule has 3 heterocycles. The van der Waals surface area contributed by atoms with Crippen molar-refractivity contribution in [2.75, 3.05) is 24.9 Å². The van der Waals surface area contributed by atoms with Crippen molar-refractivity contribution in [2.45, 2.75) is 19.4 Å². The monoisotopic (exact) mass is 419 g/mol. The van der Waals surface area contributed by atoms with Gasteiger partial charge in [0.15, 0.2) is 11.5 Å². The van der Waals surface area contributed by atoms with E-state index in [4.69, 9.17) is 20.2 Å². The van der Waals surface area contributed by atoms with Gasteiger partial charge in [0.25, 0.3) is 5.91 Å². The Balaban J connectivity index is 1.64. The number of benzene rings is 2. The van der Waals surface area contributed by atoms with E-state index in [1.54, 1.807) is 14.2 Å². The number of thiophene rings is 1. The highest BCUT2D eigenvalue weighted by Crippen LogP contribution is 2.40. The highest BCUT2D eigenvalue weighted by molar-refractivity contribution is 7.21. The Labute approximate surface area is 177 Å². The zero-order chi connectivity index (χ0) is 21.0. The molecule has 2 N–H and O–H groups in total. The number of rotatable bonds is 3. The van der Waals surface area contributed by atoms with Gasteiger partial charge in [-0.05, 0) is 37.1 Å². The summed E-state index contributed by atoms with van der Waals surface area (Å²) in [7, 11) is 3.19. The molecule has 1 aliphatic rings. The number of aromatic nitrogens is 1. The van der Waals surface area contributed by atoms with Gasteiger partial charge in [-0.3, -0.25) is 4.79 Å². The van der Waals surface area contributed by atoms with Gasteiger partial charge in [0, 0.05) is 28.6 Å². The molecule has 0 radical (unpaired) electrons. The third kappa shape index (κ3) is 2.69. The second kappa shape index (κ2) is 6.88. The molecule has 2 aromatic carbocycles. The molecule has 6 nitrogen and oxygen atoms in total. The van der Waals surface area contributed by atoms with Crippen molar-refractivity contribution >= 4 is 49.7 Å². The fourth-order valence-corrected chi connectivity index (χ4v) is 5.19. The first-order valence-electron chi connectivity index (χ1n) is 9.68. The fourth-order valence-electron chi connectivity index (χ4n) is 4.17. The standard InChI is InChI=1S/C23H21N3O3S/c1-12-8-13-6-4-5-7-17(13)26(12)23(27)21-20(24)15-9-14-10-18(28-2)19(29-3)11-16(14)25-22(15)30-21/h4-7,9-12H,8,24H2,1-3H3/t12-/m0/s1. The van der Waals surface area contributed by atoms with Gasteiger partial charge in [-0.2, -0.15) is 0 Å². The number of fused-ring (bicyclic) bond motifs is 3. The topological polar surface area (TPSA) is 77.7 Å². The van der Waals surface area contributed by atoms with Crippen LogP contribution >= 0.6 is 11.3 Å². The van der Waals surface area contributed by atoms with Crippen LogP contribution < -0.4 is 20.1 Å². The third-order valence-corrected chi connectivity index (χ3v) is 6.74. The summed E-state index contributed by atoms with van der Waals surface area (Å²) in [6.45, 7) is 2.06. The summed E-state index contributed by atoms with van der Waals surface area (Å²) >= 11 is 1.33. The molecule has 0 saturated carbocycles. The first kappa shape index (κ1) is 18.7. The van der Waals surface area contributed by atoms with Crippen LogP contribution in [-0.4, -0.2) is 31.2 Å². The molecule has 1 atom stereocenters. The summed E-state index contributed by atoms with van der Waals surface area (Å²) in [6, 6.07) is 13.8. The molecule has 0 bridgehead atoms. The number of para-hydroxylation sites is 1. The van der Waals surface area contributed by atoms with Crippen molar-refractivity contribution in [2.24, 2.45) is 0 Å². The Kier molecular flexibility index (Phi) is 4.29. The maximum Gasteiger partial charge on any atom is 0.270 e. The number of ether oxygens (including phenoxy) is 2. The lowest BCUT2D eigenvalue weighted by atomic mass is 10.1. The molecule has 5 rings (SSSR count). The quantitative estimate of drug-likeness (QED) is 0.523. The summed E-state index contributed by atoms with van der Waals surface area (Å²) in [6.07, 6.45) is 0.842. The number of nitrogens with two attached hydrogens (primary N) is 1. The van der Waals surface area contributed by atoms with Gasteiger partial charge in [-0.15, -0.1) is 11.3 Å². The molecule has 152 valence electrons.